The van der Waals surface area contributed by atoms with Crippen molar-refractivity contribution in [1.82, 2.24) is 24.0 Å². The van der Waals surface area contributed by atoms with Crippen molar-refractivity contribution in [1.29, 1.82) is 0 Å². The standard InChI is InChI=1S/C18H29N5O2S/c1-4-26(24,25)19-8-7-16-11-22(13-17-6-5-9-23(17)12-16)14-18-10-15(2)20-21(18)3/h5-6,9-10,16,19H,4,7-8,11-14H2,1-3H3/t16-/m1/s1. The van der Waals surface area contributed by atoms with Gasteiger partial charge in [-0.2, -0.15) is 5.10 Å². The van der Waals surface area contributed by atoms with Crippen LogP contribution >= 0.6 is 0 Å². The highest BCUT2D eigenvalue weighted by atomic mass is 32.2. The Labute approximate surface area is 156 Å². The summed E-state index contributed by atoms with van der Waals surface area (Å²) in [4.78, 5) is 2.44. The monoisotopic (exact) mass is 379 g/mol. The van der Waals surface area contributed by atoms with E-state index >= 15 is 0 Å². The number of hydrogen-bond acceptors (Lipinski definition) is 4. The molecule has 0 bridgehead atoms. The maximum Gasteiger partial charge on any atom is 0.211 e. The van der Waals surface area contributed by atoms with Crippen molar-refractivity contribution >= 4 is 10.0 Å². The van der Waals surface area contributed by atoms with Gasteiger partial charge in [-0.05, 0) is 44.4 Å². The molecule has 2 aromatic rings. The zero-order valence-electron chi connectivity index (χ0n) is 15.9. The van der Waals surface area contributed by atoms with Gasteiger partial charge in [0.2, 0.25) is 10.0 Å². The van der Waals surface area contributed by atoms with Crippen molar-refractivity contribution in [2.45, 2.75) is 39.9 Å². The van der Waals surface area contributed by atoms with Crippen molar-refractivity contribution in [2.24, 2.45) is 13.0 Å². The summed E-state index contributed by atoms with van der Waals surface area (Å²) in [5, 5.41) is 4.45. The van der Waals surface area contributed by atoms with E-state index < -0.39 is 10.0 Å². The molecule has 0 radical (unpaired) electrons. The van der Waals surface area contributed by atoms with Crippen LogP contribution in [0.25, 0.3) is 0 Å². The molecule has 144 valence electrons. The lowest BCUT2D eigenvalue weighted by Crippen LogP contribution is -2.32. The molecule has 0 unspecified atom stereocenters. The Hall–Kier alpha value is -1.64. The zero-order valence-corrected chi connectivity index (χ0v) is 16.7. The number of nitrogens with zero attached hydrogens (tertiary/aromatic N) is 4. The number of rotatable bonds is 7. The molecular weight excluding hydrogens is 350 g/mol. The summed E-state index contributed by atoms with van der Waals surface area (Å²) in [5.41, 5.74) is 3.54. The molecule has 0 amide bonds. The van der Waals surface area contributed by atoms with Gasteiger partial charge in [0.25, 0.3) is 0 Å². The fourth-order valence-corrected chi connectivity index (χ4v) is 4.26. The summed E-state index contributed by atoms with van der Waals surface area (Å²) in [5.74, 6) is 0.531. The lowest BCUT2D eigenvalue weighted by molar-refractivity contribution is 0.211. The molecule has 0 fully saturated rings. The van der Waals surface area contributed by atoms with Crippen molar-refractivity contribution < 1.29 is 8.42 Å². The Morgan fingerprint density at radius 2 is 2.15 bits per heavy atom. The van der Waals surface area contributed by atoms with Gasteiger partial charge in [-0.3, -0.25) is 9.58 Å². The highest BCUT2D eigenvalue weighted by molar-refractivity contribution is 7.89. The van der Waals surface area contributed by atoms with Gasteiger partial charge in [0.1, 0.15) is 0 Å². The Bertz CT molecular complexity index is 840. The molecule has 0 aromatic carbocycles. The summed E-state index contributed by atoms with van der Waals surface area (Å²) >= 11 is 0. The summed E-state index contributed by atoms with van der Waals surface area (Å²) in [6, 6.07) is 6.39. The third-order valence-corrected chi connectivity index (χ3v) is 6.42. The molecule has 1 N–H and O–H groups in total. The lowest BCUT2D eigenvalue weighted by atomic mass is 10.1. The van der Waals surface area contributed by atoms with Crippen molar-refractivity contribution in [3.8, 4) is 0 Å². The van der Waals surface area contributed by atoms with Crippen LogP contribution in [0.5, 0.6) is 0 Å². The summed E-state index contributed by atoms with van der Waals surface area (Å²) in [7, 11) is -1.14. The minimum Gasteiger partial charge on any atom is -0.350 e. The molecule has 1 atom stereocenters. The molecule has 0 saturated carbocycles. The SMILES string of the molecule is CCS(=O)(=O)NCC[C@@H]1CN(Cc2cc(C)nn2C)Cc2cccn2C1. The molecule has 3 rings (SSSR count). The average Bonchev–Trinajstić information content (AvgIpc) is 3.08. The molecule has 1 aliphatic heterocycles. The Morgan fingerprint density at radius 1 is 1.35 bits per heavy atom. The first-order valence-corrected chi connectivity index (χ1v) is 10.8. The zero-order chi connectivity index (χ0) is 18.7. The van der Waals surface area contributed by atoms with Gasteiger partial charge in [0.05, 0.1) is 17.1 Å². The lowest BCUT2D eigenvalue weighted by Gasteiger charge is -2.24. The number of hydrogen-bond donors (Lipinski definition) is 1. The predicted molar refractivity (Wildman–Crippen MR) is 102 cm³/mol. The van der Waals surface area contributed by atoms with Gasteiger partial charge >= 0.3 is 0 Å². The molecule has 0 aliphatic carbocycles. The predicted octanol–water partition coefficient (Wildman–Crippen LogP) is 1.49. The van der Waals surface area contributed by atoms with E-state index in [1.807, 2.05) is 18.7 Å². The average molecular weight is 380 g/mol. The molecular formula is C18H29N5O2S. The molecule has 0 spiro atoms. The van der Waals surface area contributed by atoms with Crippen LogP contribution in [0.1, 0.15) is 30.4 Å². The highest BCUT2D eigenvalue weighted by Gasteiger charge is 2.22. The van der Waals surface area contributed by atoms with Crippen LogP contribution in [0.4, 0.5) is 0 Å². The van der Waals surface area contributed by atoms with Crippen LogP contribution in [0.2, 0.25) is 0 Å². The van der Waals surface area contributed by atoms with Crippen molar-refractivity contribution in [2.75, 3.05) is 18.8 Å². The smallest absolute Gasteiger partial charge is 0.211 e. The maximum absolute atomic E-state index is 11.7. The van der Waals surface area contributed by atoms with E-state index in [0.717, 1.165) is 38.3 Å². The van der Waals surface area contributed by atoms with E-state index in [9.17, 15) is 8.42 Å². The van der Waals surface area contributed by atoms with Crippen LogP contribution in [0.3, 0.4) is 0 Å². The van der Waals surface area contributed by atoms with E-state index in [4.69, 9.17) is 0 Å². The van der Waals surface area contributed by atoms with Crippen LogP contribution in [0.15, 0.2) is 24.4 Å². The third kappa shape index (κ3) is 4.75. The normalized spacial score (nSPS) is 18.7. The number of fused-ring (bicyclic) bond motifs is 1. The summed E-state index contributed by atoms with van der Waals surface area (Å²) in [6.07, 6.45) is 2.95. The van der Waals surface area contributed by atoms with Gasteiger partial charge in [-0.1, -0.05) is 0 Å². The maximum atomic E-state index is 11.7. The van der Waals surface area contributed by atoms with E-state index in [0.29, 0.717) is 12.5 Å². The Morgan fingerprint density at radius 3 is 2.85 bits per heavy atom. The topological polar surface area (TPSA) is 72.2 Å². The third-order valence-electron chi connectivity index (χ3n) is 5.02. The van der Waals surface area contributed by atoms with Gasteiger partial charge < -0.3 is 4.57 Å². The number of aromatic nitrogens is 3. The number of sulfonamides is 1. The summed E-state index contributed by atoms with van der Waals surface area (Å²) < 4.78 is 30.3. The fraction of sp³-hybridized carbons (Fsp3) is 0.611. The van der Waals surface area contributed by atoms with Crippen molar-refractivity contribution in [3.63, 3.8) is 0 Å². The molecule has 2 aromatic heterocycles. The Balaban J connectivity index is 1.69. The Kier molecular flexibility index (Phi) is 5.84. The second kappa shape index (κ2) is 7.94. The number of nitrogens with one attached hydrogen (secondary N) is 1. The van der Waals surface area contributed by atoms with Crippen LogP contribution in [-0.4, -0.2) is 46.5 Å². The quantitative estimate of drug-likeness (QED) is 0.791. The molecule has 1 aliphatic rings. The highest BCUT2D eigenvalue weighted by Crippen LogP contribution is 2.21. The minimum absolute atomic E-state index is 0.130. The van der Waals surface area contributed by atoms with Crippen LogP contribution in [-0.2, 0) is 36.7 Å². The fourth-order valence-electron chi connectivity index (χ4n) is 3.63. The minimum atomic E-state index is -3.13. The molecule has 3 heterocycles. The van der Waals surface area contributed by atoms with Crippen LogP contribution in [0, 0.1) is 12.8 Å². The van der Waals surface area contributed by atoms with Gasteiger partial charge in [-0.25, -0.2) is 13.1 Å². The second-order valence-corrected chi connectivity index (χ2v) is 9.27. The number of aryl methyl sites for hydroxylation is 2. The largest absolute Gasteiger partial charge is 0.350 e. The van der Waals surface area contributed by atoms with Gasteiger partial charge in [-0.15, -0.1) is 0 Å². The first-order chi connectivity index (χ1) is 12.4. The first kappa shape index (κ1) is 19.1. The molecule has 0 saturated heterocycles. The van der Waals surface area contributed by atoms with E-state index in [1.165, 1.54) is 11.4 Å². The van der Waals surface area contributed by atoms with Gasteiger partial charge in [0.15, 0.2) is 0 Å². The van der Waals surface area contributed by atoms with Crippen molar-refractivity contribution in [3.05, 3.63) is 41.5 Å². The van der Waals surface area contributed by atoms with E-state index in [-0.39, 0.29) is 5.75 Å². The summed E-state index contributed by atoms with van der Waals surface area (Å²) in [6.45, 7) is 7.79. The van der Waals surface area contributed by atoms with E-state index in [1.54, 1.807) is 6.92 Å². The molecule has 26 heavy (non-hydrogen) atoms. The van der Waals surface area contributed by atoms with Crippen LogP contribution < -0.4 is 4.72 Å². The second-order valence-electron chi connectivity index (χ2n) is 7.17. The first-order valence-electron chi connectivity index (χ1n) is 9.19. The molecule has 8 heteroatoms. The van der Waals surface area contributed by atoms with E-state index in [2.05, 4.69) is 43.7 Å². The van der Waals surface area contributed by atoms with Gasteiger partial charge in [0, 0.05) is 51.7 Å². The molecule has 7 nitrogen and oxygen atoms in total.